The Bertz CT molecular complexity index is 515. The lowest BCUT2D eigenvalue weighted by Gasteiger charge is -2.15. The van der Waals surface area contributed by atoms with Crippen LogP contribution in [0, 0.1) is 5.82 Å². The molecule has 0 saturated carbocycles. The Morgan fingerprint density at radius 3 is 2.76 bits per heavy atom. The number of benzene rings is 1. The lowest BCUT2D eigenvalue weighted by atomic mass is 10.2. The Hall–Kier alpha value is -1.41. The Morgan fingerprint density at radius 1 is 1.38 bits per heavy atom. The summed E-state index contributed by atoms with van der Waals surface area (Å²) < 4.78 is 56.6. The Balaban J connectivity index is 1.96. The van der Waals surface area contributed by atoms with Gasteiger partial charge in [-0.05, 0) is 43.3 Å². The first kappa shape index (κ1) is 16.0. The van der Waals surface area contributed by atoms with Crippen LogP contribution in [0.2, 0.25) is 0 Å². The van der Waals surface area contributed by atoms with Crippen molar-refractivity contribution in [2.75, 3.05) is 18.5 Å². The highest BCUT2D eigenvalue weighted by atomic mass is 32.1. The van der Waals surface area contributed by atoms with E-state index in [1.807, 2.05) is 0 Å². The second-order valence-corrected chi connectivity index (χ2v) is 5.07. The summed E-state index contributed by atoms with van der Waals surface area (Å²) in [5.74, 6) is -0.802. The third-order valence-electron chi connectivity index (χ3n) is 3.06. The molecule has 0 amide bonds. The van der Waals surface area contributed by atoms with Crippen LogP contribution in [0.4, 0.5) is 23.2 Å². The van der Waals surface area contributed by atoms with E-state index in [0.29, 0.717) is 25.3 Å². The van der Waals surface area contributed by atoms with Crippen molar-refractivity contribution < 1.29 is 22.3 Å². The average Bonchev–Trinajstić information content (AvgIpc) is 2.91. The van der Waals surface area contributed by atoms with E-state index in [1.165, 1.54) is 0 Å². The van der Waals surface area contributed by atoms with E-state index >= 15 is 0 Å². The van der Waals surface area contributed by atoms with Crippen LogP contribution in [0.1, 0.15) is 18.4 Å². The van der Waals surface area contributed by atoms with Crippen molar-refractivity contribution in [3.63, 3.8) is 0 Å². The van der Waals surface area contributed by atoms with E-state index < -0.39 is 17.6 Å². The minimum Gasteiger partial charge on any atom is -0.376 e. The van der Waals surface area contributed by atoms with Gasteiger partial charge in [-0.3, -0.25) is 0 Å². The molecule has 0 aliphatic carbocycles. The summed E-state index contributed by atoms with van der Waals surface area (Å²) in [5, 5.41) is 5.30. The lowest BCUT2D eigenvalue weighted by molar-refractivity contribution is -0.137. The minimum absolute atomic E-state index is 0.0242. The number of anilines is 1. The first-order valence-electron chi connectivity index (χ1n) is 6.39. The fourth-order valence-corrected chi connectivity index (χ4v) is 2.17. The van der Waals surface area contributed by atoms with Crippen molar-refractivity contribution in [2.24, 2.45) is 0 Å². The maximum atomic E-state index is 13.5. The van der Waals surface area contributed by atoms with Gasteiger partial charge in [0.2, 0.25) is 0 Å². The van der Waals surface area contributed by atoms with Crippen LogP contribution in [0.5, 0.6) is 0 Å². The molecule has 1 unspecified atom stereocenters. The monoisotopic (exact) mass is 322 g/mol. The molecule has 1 atom stereocenters. The number of ether oxygens (including phenoxy) is 1. The van der Waals surface area contributed by atoms with Crippen LogP contribution in [-0.4, -0.2) is 24.4 Å². The second-order valence-electron chi connectivity index (χ2n) is 4.66. The molecule has 2 N–H and O–H groups in total. The van der Waals surface area contributed by atoms with Crippen LogP contribution in [-0.2, 0) is 10.9 Å². The summed E-state index contributed by atoms with van der Waals surface area (Å²) in [5.41, 5.74) is -1.25. The normalized spacial score (nSPS) is 18.6. The first-order valence-corrected chi connectivity index (χ1v) is 6.80. The van der Waals surface area contributed by atoms with Crippen LogP contribution in [0.3, 0.4) is 0 Å². The number of alkyl halides is 3. The quantitative estimate of drug-likeness (QED) is 0.661. The zero-order chi connectivity index (χ0) is 15.5. The minimum atomic E-state index is -4.53. The van der Waals surface area contributed by atoms with Crippen LogP contribution in [0.15, 0.2) is 18.2 Å². The Kier molecular flexibility index (Phi) is 5.00. The predicted molar refractivity (Wildman–Crippen MR) is 74.6 cm³/mol. The molecule has 2 rings (SSSR count). The van der Waals surface area contributed by atoms with Crippen LogP contribution < -0.4 is 10.6 Å². The van der Waals surface area contributed by atoms with Gasteiger partial charge < -0.3 is 15.4 Å². The molecule has 1 aliphatic rings. The standard InChI is InChI=1S/C13H14F4N2OS/c14-10-4-3-8(13(15,16)17)6-11(10)19-12(21)18-7-9-2-1-5-20-9/h3-4,6,9H,1-2,5,7H2,(H2,18,19,21). The highest BCUT2D eigenvalue weighted by molar-refractivity contribution is 7.80. The molecule has 1 aliphatic heterocycles. The van der Waals surface area contributed by atoms with Gasteiger partial charge in [-0.25, -0.2) is 4.39 Å². The van der Waals surface area contributed by atoms with Crippen molar-refractivity contribution in [2.45, 2.75) is 25.1 Å². The smallest absolute Gasteiger partial charge is 0.376 e. The molecule has 1 heterocycles. The van der Waals surface area contributed by atoms with E-state index in [2.05, 4.69) is 10.6 Å². The fourth-order valence-electron chi connectivity index (χ4n) is 1.98. The van der Waals surface area contributed by atoms with Gasteiger partial charge in [-0.2, -0.15) is 13.2 Å². The van der Waals surface area contributed by atoms with Gasteiger partial charge in [0.25, 0.3) is 0 Å². The topological polar surface area (TPSA) is 33.3 Å². The third-order valence-corrected chi connectivity index (χ3v) is 3.30. The molecule has 0 aromatic heterocycles. The Morgan fingerprint density at radius 2 is 2.14 bits per heavy atom. The van der Waals surface area contributed by atoms with Crippen molar-refractivity contribution in [3.8, 4) is 0 Å². The highest BCUT2D eigenvalue weighted by Gasteiger charge is 2.31. The number of rotatable bonds is 3. The molecule has 1 aromatic rings. The first-order chi connectivity index (χ1) is 9.86. The van der Waals surface area contributed by atoms with Gasteiger partial charge in [0.05, 0.1) is 17.4 Å². The lowest BCUT2D eigenvalue weighted by Crippen LogP contribution is -2.35. The molecule has 116 valence electrons. The summed E-state index contributed by atoms with van der Waals surface area (Å²) in [4.78, 5) is 0. The van der Waals surface area contributed by atoms with Gasteiger partial charge in [-0.1, -0.05) is 0 Å². The van der Waals surface area contributed by atoms with E-state index in [1.54, 1.807) is 0 Å². The highest BCUT2D eigenvalue weighted by Crippen LogP contribution is 2.31. The van der Waals surface area contributed by atoms with Crippen LogP contribution in [0.25, 0.3) is 0 Å². The van der Waals surface area contributed by atoms with Crippen LogP contribution >= 0.6 is 12.2 Å². The van der Waals surface area contributed by atoms with Crippen molar-refractivity contribution in [1.82, 2.24) is 5.32 Å². The summed E-state index contributed by atoms with van der Waals surface area (Å²) in [6, 6.07) is 2.13. The molecule has 0 radical (unpaired) electrons. The number of nitrogens with one attached hydrogen (secondary N) is 2. The molecule has 1 fully saturated rings. The summed E-state index contributed by atoms with van der Waals surface area (Å²) in [7, 11) is 0. The van der Waals surface area contributed by atoms with E-state index in [9.17, 15) is 17.6 Å². The maximum Gasteiger partial charge on any atom is 0.416 e. The third kappa shape index (κ3) is 4.53. The van der Waals surface area contributed by atoms with Crippen molar-refractivity contribution >= 4 is 23.0 Å². The van der Waals surface area contributed by atoms with E-state index in [0.717, 1.165) is 18.9 Å². The van der Waals surface area contributed by atoms with Gasteiger partial charge >= 0.3 is 6.18 Å². The largest absolute Gasteiger partial charge is 0.416 e. The van der Waals surface area contributed by atoms with Gasteiger partial charge in [0, 0.05) is 13.2 Å². The second kappa shape index (κ2) is 6.57. The molecule has 0 bridgehead atoms. The van der Waals surface area contributed by atoms with Gasteiger partial charge in [-0.15, -0.1) is 0 Å². The summed E-state index contributed by atoms with van der Waals surface area (Å²) >= 11 is 4.94. The van der Waals surface area contributed by atoms with Gasteiger partial charge in [0.15, 0.2) is 5.11 Å². The van der Waals surface area contributed by atoms with E-state index in [-0.39, 0.29) is 16.9 Å². The van der Waals surface area contributed by atoms with Crippen molar-refractivity contribution in [1.29, 1.82) is 0 Å². The molecular weight excluding hydrogens is 308 g/mol. The SMILES string of the molecule is Fc1ccc(C(F)(F)F)cc1NC(=S)NCC1CCCO1. The number of halogens is 4. The zero-order valence-electron chi connectivity index (χ0n) is 11.0. The molecule has 8 heteroatoms. The fraction of sp³-hybridized carbons (Fsp3) is 0.462. The average molecular weight is 322 g/mol. The molecule has 1 aromatic carbocycles. The Labute approximate surface area is 124 Å². The van der Waals surface area contributed by atoms with E-state index in [4.69, 9.17) is 17.0 Å². The summed E-state index contributed by atoms with van der Waals surface area (Å²) in [6.45, 7) is 1.13. The maximum absolute atomic E-state index is 13.5. The molecule has 0 spiro atoms. The number of thiocarbonyl (C=S) groups is 1. The molecule has 21 heavy (non-hydrogen) atoms. The number of hydrogen-bond acceptors (Lipinski definition) is 2. The molecular formula is C13H14F4N2OS. The number of hydrogen-bond donors (Lipinski definition) is 2. The zero-order valence-corrected chi connectivity index (χ0v) is 11.8. The molecule has 3 nitrogen and oxygen atoms in total. The van der Waals surface area contributed by atoms with Crippen molar-refractivity contribution in [3.05, 3.63) is 29.6 Å². The molecule has 1 saturated heterocycles. The predicted octanol–water partition coefficient (Wildman–Crippen LogP) is 3.31. The summed E-state index contributed by atoms with van der Waals surface area (Å²) in [6.07, 6.45) is -2.64. The van der Waals surface area contributed by atoms with Gasteiger partial charge in [0.1, 0.15) is 5.82 Å².